The first kappa shape index (κ1) is 16.0. The lowest BCUT2D eigenvalue weighted by atomic mass is 9.92. The summed E-state index contributed by atoms with van der Waals surface area (Å²) in [4.78, 5) is 0. The van der Waals surface area contributed by atoms with Gasteiger partial charge in [0.05, 0.1) is 26.9 Å². The molecule has 0 radical (unpaired) electrons. The van der Waals surface area contributed by atoms with E-state index in [-0.39, 0.29) is 12.9 Å². The summed E-state index contributed by atoms with van der Waals surface area (Å²) in [5.41, 5.74) is 6.06. The second kappa shape index (κ2) is 6.71. The lowest BCUT2D eigenvalue weighted by Crippen LogP contribution is -2.04. The van der Waals surface area contributed by atoms with E-state index in [0.717, 1.165) is 33.4 Å². The van der Waals surface area contributed by atoms with Gasteiger partial charge in [-0.15, -0.1) is 0 Å². The Balaban J connectivity index is 2.22. The number of benzene rings is 2. The van der Waals surface area contributed by atoms with Crippen LogP contribution >= 0.6 is 0 Å². The maximum absolute atomic E-state index is 9.77. The van der Waals surface area contributed by atoms with E-state index in [1.54, 1.807) is 7.11 Å². The first-order chi connectivity index (χ1) is 11.2. The number of aliphatic hydroxyl groups is 1. The minimum Gasteiger partial charge on any atom is -0.496 e. The third-order valence-electron chi connectivity index (χ3n) is 4.21. The Morgan fingerprint density at radius 3 is 2.35 bits per heavy atom. The second-order valence-corrected chi connectivity index (χ2v) is 5.76. The number of ether oxygens (including phenoxy) is 3. The SMILES string of the molecule is COc1c(CO)cc(C2OCCO2)cc1-c1c(C)cccc1C. The molecule has 23 heavy (non-hydrogen) atoms. The van der Waals surface area contributed by atoms with Crippen LogP contribution in [-0.4, -0.2) is 25.4 Å². The largest absolute Gasteiger partial charge is 0.496 e. The van der Waals surface area contributed by atoms with Crippen molar-refractivity contribution in [3.8, 4) is 16.9 Å². The molecule has 0 spiro atoms. The summed E-state index contributed by atoms with van der Waals surface area (Å²) in [6.07, 6.45) is -0.380. The monoisotopic (exact) mass is 314 g/mol. The average Bonchev–Trinajstić information content (AvgIpc) is 3.08. The summed E-state index contributed by atoms with van der Waals surface area (Å²) >= 11 is 0. The average molecular weight is 314 g/mol. The van der Waals surface area contributed by atoms with Crippen molar-refractivity contribution in [1.82, 2.24) is 0 Å². The molecule has 0 saturated carbocycles. The van der Waals surface area contributed by atoms with Gasteiger partial charge in [0, 0.05) is 16.7 Å². The molecule has 0 amide bonds. The fourth-order valence-electron chi connectivity index (χ4n) is 3.18. The molecule has 2 aromatic rings. The Hall–Kier alpha value is -1.88. The van der Waals surface area contributed by atoms with E-state index in [4.69, 9.17) is 14.2 Å². The number of hydrogen-bond donors (Lipinski definition) is 1. The van der Waals surface area contributed by atoms with Gasteiger partial charge in [-0.1, -0.05) is 18.2 Å². The van der Waals surface area contributed by atoms with Crippen molar-refractivity contribution in [2.45, 2.75) is 26.7 Å². The summed E-state index contributed by atoms with van der Waals surface area (Å²) in [5, 5.41) is 9.77. The molecule has 0 bridgehead atoms. The number of aliphatic hydroxyl groups excluding tert-OH is 1. The molecule has 0 atom stereocenters. The minimum absolute atomic E-state index is 0.0956. The van der Waals surface area contributed by atoms with Gasteiger partial charge in [-0.3, -0.25) is 0 Å². The van der Waals surface area contributed by atoms with Crippen molar-refractivity contribution >= 4 is 0 Å². The van der Waals surface area contributed by atoms with Crippen LogP contribution in [0.5, 0.6) is 5.75 Å². The molecular formula is C19H22O4. The van der Waals surface area contributed by atoms with E-state index in [0.29, 0.717) is 19.0 Å². The lowest BCUT2D eigenvalue weighted by molar-refractivity contribution is -0.0441. The molecule has 1 heterocycles. The van der Waals surface area contributed by atoms with Gasteiger partial charge in [0.15, 0.2) is 6.29 Å². The van der Waals surface area contributed by atoms with Gasteiger partial charge in [-0.2, -0.15) is 0 Å². The van der Waals surface area contributed by atoms with Crippen LogP contribution in [0.3, 0.4) is 0 Å². The summed E-state index contributed by atoms with van der Waals surface area (Å²) in [5.74, 6) is 0.701. The Kier molecular flexibility index (Phi) is 4.66. The van der Waals surface area contributed by atoms with Gasteiger partial charge in [0.1, 0.15) is 5.75 Å². The van der Waals surface area contributed by atoms with Crippen LogP contribution in [0.15, 0.2) is 30.3 Å². The van der Waals surface area contributed by atoms with Crippen LogP contribution in [0.25, 0.3) is 11.1 Å². The number of methoxy groups -OCH3 is 1. The van der Waals surface area contributed by atoms with Crippen molar-refractivity contribution in [2.75, 3.05) is 20.3 Å². The van der Waals surface area contributed by atoms with E-state index < -0.39 is 0 Å². The molecule has 0 aliphatic carbocycles. The zero-order valence-corrected chi connectivity index (χ0v) is 13.8. The van der Waals surface area contributed by atoms with Gasteiger partial charge < -0.3 is 19.3 Å². The fourth-order valence-corrected chi connectivity index (χ4v) is 3.18. The Morgan fingerprint density at radius 2 is 1.78 bits per heavy atom. The Labute approximate surface area is 136 Å². The van der Waals surface area contributed by atoms with Gasteiger partial charge >= 0.3 is 0 Å². The number of hydrogen-bond acceptors (Lipinski definition) is 4. The molecule has 3 rings (SSSR count). The van der Waals surface area contributed by atoms with Gasteiger partial charge in [0.25, 0.3) is 0 Å². The van der Waals surface area contributed by atoms with Crippen LogP contribution in [0.4, 0.5) is 0 Å². The molecular weight excluding hydrogens is 292 g/mol. The third kappa shape index (κ3) is 2.98. The predicted octanol–water partition coefficient (Wildman–Crippen LogP) is 3.52. The van der Waals surface area contributed by atoms with Gasteiger partial charge in [0.2, 0.25) is 0 Å². The zero-order chi connectivity index (χ0) is 16.4. The number of aryl methyl sites for hydroxylation is 2. The van der Waals surface area contributed by atoms with E-state index in [1.807, 2.05) is 18.2 Å². The lowest BCUT2D eigenvalue weighted by Gasteiger charge is -2.20. The molecule has 4 heteroatoms. The first-order valence-electron chi connectivity index (χ1n) is 7.77. The predicted molar refractivity (Wildman–Crippen MR) is 88.5 cm³/mol. The van der Waals surface area contributed by atoms with E-state index in [9.17, 15) is 5.11 Å². The standard InChI is InChI=1S/C19H22O4/c1-12-5-4-6-13(2)17(12)16-10-14(19-22-7-8-23-19)9-15(11-20)18(16)21-3/h4-6,9-10,19-20H,7-8,11H2,1-3H3. The quantitative estimate of drug-likeness (QED) is 0.938. The van der Waals surface area contributed by atoms with Crippen LogP contribution in [0, 0.1) is 13.8 Å². The molecule has 1 fully saturated rings. The fraction of sp³-hybridized carbons (Fsp3) is 0.368. The van der Waals surface area contributed by atoms with E-state index >= 15 is 0 Å². The molecule has 1 aliphatic heterocycles. The first-order valence-corrected chi connectivity index (χ1v) is 7.77. The second-order valence-electron chi connectivity index (χ2n) is 5.76. The maximum Gasteiger partial charge on any atom is 0.184 e. The van der Waals surface area contributed by atoms with Crippen molar-refractivity contribution in [3.63, 3.8) is 0 Å². The van der Waals surface area contributed by atoms with Gasteiger partial charge in [-0.25, -0.2) is 0 Å². The zero-order valence-electron chi connectivity index (χ0n) is 13.8. The van der Waals surface area contributed by atoms with Crippen LogP contribution < -0.4 is 4.74 Å². The molecule has 1 aliphatic rings. The molecule has 4 nitrogen and oxygen atoms in total. The van der Waals surface area contributed by atoms with Crippen LogP contribution in [0.1, 0.15) is 28.5 Å². The highest BCUT2D eigenvalue weighted by Crippen LogP contribution is 2.40. The molecule has 122 valence electrons. The van der Waals surface area contributed by atoms with Gasteiger partial charge in [-0.05, 0) is 42.7 Å². The molecule has 0 unspecified atom stereocenters. The highest BCUT2D eigenvalue weighted by Gasteiger charge is 2.23. The van der Waals surface area contributed by atoms with Crippen molar-refractivity contribution < 1.29 is 19.3 Å². The highest BCUT2D eigenvalue weighted by molar-refractivity contribution is 5.78. The Morgan fingerprint density at radius 1 is 1.13 bits per heavy atom. The van der Waals surface area contributed by atoms with Crippen LogP contribution in [-0.2, 0) is 16.1 Å². The van der Waals surface area contributed by atoms with E-state index in [1.165, 1.54) is 0 Å². The topological polar surface area (TPSA) is 47.9 Å². The Bertz CT molecular complexity index is 683. The summed E-state index contributed by atoms with van der Waals surface area (Å²) in [6, 6.07) is 10.1. The highest BCUT2D eigenvalue weighted by atomic mass is 16.7. The molecule has 1 N–H and O–H groups in total. The van der Waals surface area contributed by atoms with E-state index in [2.05, 4.69) is 26.0 Å². The number of rotatable bonds is 4. The maximum atomic E-state index is 9.77. The molecule has 0 aromatic heterocycles. The van der Waals surface area contributed by atoms with Crippen molar-refractivity contribution in [1.29, 1.82) is 0 Å². The summed E-state index contributed by atoms with van der Waals surface area (Å²) in [7, 11) is 1.63. The third-order valence-corrected chi connectivity index (χ3v) is 4.21. The van der Waals surface area contributed by atoms with Crippen molar-refractivity contribution in [2.24, 2.45) is 0 Å². The van der Waals surface area contributed by atoms with Crippen molar-refractivity contribution in [3.05, 3.63) is 52.6 Å². The summed E-state index contributed by atoms with van der Waals surface area (Å²) < 4.78 is 16.8. The molecule has 2 aromatic carbocycles. The minimum atomic E-state index is -0.380. The summed E-state index contributed by atoms with van der Waals surface area (Å²) in [6.45, 7) is 5.24. The van der Waals surface area contributed by atoms with Crippen LogP contribution in [0.2, 0.25) is 0 Å². The normalized spacial score (nSPS) is 15.1. The molecule has 1 saturated heterocycles. The smallest absolute Gasteiger partial charge is 0.184 e.